The Morgan fingerprint density at radius 1 is 1.23 bits per heavy atom. The molecule has 4 rings (SSSR count). The molecule has 1 aromatic carbocycles. The van der Waals surface area contributed by atoms with Gasteiger partial charge in [0.05, 0.1) is 0 Å². The van der Waals surface area contributed by atoms with E-state index in [9.17, 15) is 23.1 Å². The van der Waals surface area contributed by atoms with Gasteiger partial charge in [0.15, 0.2) is 5.65 Å². The zero-order valence-corrected chi connectivity index (χ0v) is 13.9. The molecule has 6 nitrogen and oxygen atoms in total. The van der Waals surface area contributed by atoms with Gasteiger partial charge in [0, 0.05) is 29.7 Å². The van der Waals surface area contributed by atoms with E-state index < -0.39 is 12.3 Å². The number of aromatic carboxylic acids is 1. The number of carbonyl (C=O) groups is 1. The maximum Gasteiger partial charge on any atom is 0.573 e. The van der Waals surface area contributed by atoms with E-state index in [4.69, 9.17) is 0 Å². The molecule has 0 unspecified atom stereocenters. The van der Waals surface area contributed by atoms with E-state index in [1.807, 2.05) is 0 Å². The van der Waals surface area contributed by atoms with Crippen molar-refractivity contribution in [2.75, 3.05) is 0 Å². The molecule has 3 heterocycles. The predicted octanol–water partition coefficient (Wildman–Crippen LogP) is 4.18. The minimum atomic E-state index is -4.76. The van der Waals surface area contributed by atoms with Crippen molar-refractivity contribution in [1.82, 2.24) is 14.3 Å². The van der Waals surface area contributed by atoms with Gasteiger partial charge in [-0.1, -0.05) is 0 Å². The second kappa shape index (κ2) is 5.49. The fourth-order valence-electron chi connectivity index (χ4n) is 2.81. The number of nitrogens with zero attached hydrogens (tertiary/aromatic N) is 3. The lowest BCUT2D eigenvalue weighted by Crippen LogP contribution is -2.17. The van der Waals surface area contributed by atoms with Crippen molar-refractivity contribution in [3.8, 4) is 11.4 Å². The molecule has 0 aliphatic carbocycles. The zero-order valence-electron chi connectivity index (χ0n) is 13.1. The van der Waals surface area contributed by atoms with Crippen LogP contribution in [-0.4, -0.2) is 31.8 Å². The number of aryl methyl sites for hydroxylation is 1. The monoisotopic (exact) mass is 381 g/mol. The molecule has 0 bridgehead atoms. The molecule has 0 aliphatic heterocycles. The zero-order chi connectivity index (χ0) is 18.6. The Labute approximate surface area is 147 Å². The summed E-state index contributed by atoms with van der Waals surface area (Å²) in [7, 11) is 1.74. The van der Waals surface area contributed by atoms with E-state index in [2.05, 4.69) is 9.84 Å². The highest BCUT2D eigenvalue weighted by atomic mass is 32.1. The first-order valence-electron chi connectivity index (χ1n) is 7.30. The summed E-state index contributed by atoms with van der Waals surface area (Å²) in [6, 6.07) is 6.91. The number of rotatable bonds is 3. The first-order chi connectivity index (χ1) is 12.2. The average molecular weight is 381 g/mol. The van der Waals surface area contributed by atoms with E-state index in [0.717, 1.165) is 22.1 Å². The van der Waals surface area contributed by atoms with Gasteiger partial charge in [-0.15, -0.1) is 24.5 Å². The third-order valence-electron chi connectivity index (χ3n) is 3.77. The number of halogens is 3. The van der Waals surface area contributed by atoms with Crippen molar-refractivity contribution < 1.29 is 27.8 Å². The molecule has 4 aromatic rings. The lowest BCUT2D eigenvalue weighted by molar-refractivity contribution is -0.274. The molecular weight excluding hydrogens is 371 g/mol. The largest absolute Gasteiger partial charge is 0.573 e. The Kier molecular flexibility index (Phi) is 3.48. The average Bonchev–Trinajstić information content (AvgIpc) is 3.17. The first kappa shape index (κ1) is 16.5. The Bertz CT molecular complexity index is 1140. The number of carboxylic acids is 1. The summed E-state index contributed by atoms with van der Waals surface area (Å²) in [5, 5.41) is 15.1. The summed E-state index contributed by atoms with van der Waals surface area (Å²) in [5.41, 5.74) is 1.15. The molecule has 0 saturated heterocycles. The fourth-order valence-corrected chi connectivity index (χ4v) is 3.84. The lowest BCUT2D eigenvalue weighted by atomic mass is 10.3. The van der Waals surface area contributed by atoms with Gasteiger partial charge in [0.25, 0.3) is 0 Å². The summed E-state index contributed by atoms with van der Waals surface area (Å²) in [5.74, 6) is -1.37. The van der Waals surface area contributed by atoms with Gasteiger partial charge in [-0.25, -0.2) is 4.79 Å². The second-order valence-corrected chi connectivity index (χ2v) is 6.58. The maximum absolute atomic E-state index is 12.3. The van der Waals surface area contributed by atoms with Gasteiger partial charge in [-0.2, -0.15) is 5.10 Å². The van der Waals surface area contributed by atoms with Crippen molar-refractivity contribution in [3.05, 3.63) is 41.4 Å². The van der Waals surface area contributed by atoms with Crippen molar-refractivity contribution in [1.29, 1.82) is 0 Å². The highest BCUT2D eigenvalue weighted by Gasteiger charge is 2.31. The van der Waals surface area contributed by atoms with E-state index in [-0.39, 0.29) is 10.6 Å². The van der Waals surface area contributed by atoms with Gasteiger partial charge in [-0.3, -0.25) is 9.25 Å². The lowest BCUT2D eigenvalue weighted by Gasteiger charge is -2.10. The summed E-state index contributed by atoms with van der Waals surface area (Å²) < 4.78 is 44.2. The van der Waals surface area contributed by atoms with Crippen molar-refractivity contribution in [2.24, 2.45) is 7.05 Å². The molecular formula is C16H10F3N3O3S. The number of thiophene rings is 1. The van der Waals surface area contributed by atoms with Crippen LogP contribution in [0.2, 0.25) is 0 Å². The van der Waals surface area contributed by atoms with Gasteiger partial charge in [-0.05, 0) is 30.3 Å². The van der Waals surface area contributed by atoms with Crippen LogP contribution < -0.4 is 4.74 Å². The minimum Gasteiger partial charge on any atom is -0.477 e. The van der Waals surface area contributed by atoms with Crippen LogP contribution in [0.15, 0.2) is 36.5 Å². The second-order valence-electron chi connectivity index (χ2n) is 5.55. The van der Waals surface area contributed by atoms with E-state index in [0.29, 0.717) is 16.2 Å². The number of carboxylic acid groups (broad SMARTS) is 1. The van der Waals surface area contributed by atoms with Gasteiger partial charge >= 0.3 is 12.3 Å². The number of benzene rings is 1. The van der Waals surface area contributed by atoms with Crippen LogP contribution in [0.4, 0.5) is 13.2 Å². The molecule has 1 N–H and O–H groups in total. The Morgan fingerprint density at radius 3 is 2.54 bits per heavy atom. The molecule has 0 fully saturated rings. The van der Waals surface area contributed by atoms with Crippen LogP contribution in [-0.2, 0) is 7.05 Å². The van der Waals surface area contributed by atoms with Crippen LogP contribution >= 0.6 is 11.3 Å². The smallest absolute Gasteiger partial charge is 0.477 e. The highest BCUT2D eigenvalue weighted by molar-refractivity contribution is 7.20. The van der Waals surface area contributed by atoms with Crippen LogP contribution in [0.1, 0.15) is 9.67 Å². The summed E-state index contributed by atoms with van der Waals surface area (Å²) >= 11 is 1.08. The maximum atomic E-state index is 12.3. The first-order valence-corrected chi connectivity index (χ1v) is 8.11. The van der Waals surface area contributed by atoms with Crippen molar-refractivity contribution in [3.63, 3.8) is 0 Å². The molecule has 0 radical (unpaired) electrons. The van der Waals surface area contributed by atoms with Crippen LogP contribution in [0.5, 0.6) is 5.75 Å². The molecule has 0 saturated carbocycles. The number of ether oxygens (including phenoxy) is 1. The molecule has 26 heavy (non-hydrogen) atoms. The van der Waals surface area contributed by atoms with Crippen molar-refractivity contribution >= 4 is 38.6 Å². The number of hydrogen-bond acceptors (Lipinski definition) is 4. The summed E-state index contributed by atoms with van der Waals surface area (Å²) in [4.78, 5) is 12.1. The SMILES string of the molecule is Cn1cc2c3cc(C(=O)O)sc3n(-c3ccc(OC(F)(F)F)cc3)c2n1. The van der Waals surface area contributed by atoms with E-state index in [1.54, 1.807) is 28.6 Å². The Morgan fingerprint density at radius 2 is 1.92 bits per heavy atom. The molecule has 0 amide bonds. The third kappa shape index (κ3) is 2.68. The van der Waals surface area contributed by atoms with Crippen molar-refractivity contribution in [2.45, 2.75) is 6.36 Å². The highest BCUT2D eigenvalue weighted by Crippen LogP contribution is 2.37. The van der Waals surface area contributed by atoms with Crippen LogP contribution in [0, 0.1) is 0 Å². The summed E-state index contributed by atoms with van der Waals surface area (Å²) in [6.07, 6.45) is -2.99. The van der Waals surface area contributed by atoms with Crippen LogP contribution in [0.25, 0.3) is 26.9 Å². The fraction of sp³-hybridized carbons (Fsp3) is 0.125. The number of fused-ring (bicyclic) bond motifs is 3. The summed E-state index contributed by atoms with van der Waals surface area (Å²) in [6.45, 7) is 0. The topological polar surface area (TPSA) is 69.3 Å². The Balaban J connectivity index is 1.89. The van der Waals surface area contributed by atoms with Crippen LogP contribution in [0.3, 0.4) is 0 Å². The van der Waals surface area contributed by atoms with Gasteiger partial charge in [0.1, 0.15) is 15.5 Å². The number of alkyl halides is 3. The quantitative estimate of drug-likeness (QED) is 0.578. The molecule has 0 aliphatic rings. The number of aromatic nitrogens is 3. The molecule has 10 heteroatoms. The number of hydrogen-bond donors (Lipinski definition) is 1. The normalized spacial score (nSPS) is 12.2. The molecule has 134 valence electrons. The Hall–Kier alpha value is -3.01. The minimum absolute atomic E-state index is 0.173. The third-order valence-corrected chi connectivity index (χ3v) is 4.87. The molecule has 0 spiro atoms. The molecule has 3 aromatic heterocycles. The predicted molar refractivity (Wildman–Crippen MR) is 89.1 cm³/mol. The van der Waals surface area contributed by atoms with Gasteiger partial charge < -0.3 is 9.84 Å². The van der Waals surface area contributed by atoms with Gasteiger partial charge in [0.2, 0.25) is 0 Å². The van der Waals surface area contributed by atoms with E-state index in [1.165, 1.54) is 24.3 Å². The standard InChI is InChI=1S/C16H10F3N3O3S/c1-21-7-11-10-6-12(15(23)24)26-14(10)22(13(11)20-21)8-2-4-9(5-3-8)25-16(17,18)19/h2-7H,1H3,(H,23,24). The molecule has 0 atom stereocenters. The van der Waals surface area contributed by atoms with E-state index >= 15 is 0 Å².